The number of nitrogens with one attached hydrogen (secondary N) is 1. The van der Waals surface area contributed by atoms with E-state index in [9.17, 15) is 9.59 Å². The summed E-state index contributed by atoms with van der Waals surface area (Å²) in [4.78, 5) is 27.4. The van der Waals surface area contributed by atoms with E-state index in [2.05, 4.69) is 5.32 Å². The molecular weight excluding hydrogens is 288 g/mol. The van der Waals surface area contributed by atoms with Gasteiger partial charge in [0, 0.05) is 24.9 Å². The predicted molar refractivity (Wildman–Crippen MR) is 82.0 cm³/mol. The van der Waals surface area contributed by atoms with E-state index in [0.29, 0.717) is 26.3 Å². The van der Waals surface area contributed by atoms with Crippen molar-refractivity contribution in [2.45, 2.75) is 32.6 Å². The molecule has 0 spiro atoms. The van der Waals surface area contributed by atoms with Crippen LogP contribution in [0.5, 0.6) is 0 Å². The molecule has 2 aliphatic rings. The van der Waals surface area contributed by atoms with Crippen LogP contribution in [-0.4, -0.2) is 43.0 Å². The quantitative estimate of drug-likeness (QED) is 0.910. The first-order chi connectivity index (χ1) is 10.2. The van der Waals surface area contributed by atoms with Gasteiger partial charge in [-0.05, 0) is 31.2 Å². The Morgan fingerprint density at radius 2 is 1.90 bits per heavy atom. The fraction of sp³-hybridized carbons (Fsp3) is 0.600. The van der Waals surface area contributed by atoms with Gasteiger partial charge in [0.25, 0.3) is 5.91 Å². The third kappa shape index (κ3) is 2.96. The van der Waals surface area contributed by atoms with Crippen LogP contribution in [0.25, 0.3) is 0 Å². The summed E-state index contributed by atoms with van der Waals surface area (Å²) in [7, 11) is 0. The van der Waals surface area contributed by atoms with Gasteiger partial charge in [-0.15, -0.1) is 11.3 Å². The number of morpholine rings is 1. The van der Waals surface area contributed by atoms with E-state index in [1.807, 2.05) is 4.90 Å². The van der Waals surface area contributed by atoms with E-state index < -0.39 is 0 Å². The average molecular weight is 308 g/mol. The third-order valence-electron chi connectivity index (χ3n) is 3.97. The van der Waals surface area contributed by atoms with Crippen molar-refractivity contribution in [3.63, 3.8) is 0 Å². The lowest BCUT2D eigenvalue weighted by molar-refractivity contribution is -0.114. The van der Waals surface area contributed by atoms with Crippen LogP contribution in [0, 0.1) is 0 Å². The molecule has 1 N–H and O–H groups in total. The van der Waals surface area contributed by atoms with E-state index in [-0.39, 0.29) is 11.8 Å². The lowest BCUT2D eigenvalue weighted by Crippen LogP contribution is -2.41. The van der Waals surface area contributed by atoms with E-state index >= 15 is 0 Å². The third-order valence-corrected chi connectivity index (χ3v) is 5.18. The molecule has 0 radical (unpaired) electrons. The van der Waals surface area contributed by atoms with Crippen molar-refractivity contribution in [2.75, 3.05) is 31.6 Å². The number of amides is 2. The number of thiophene rings is 1. The zero-order valence-electron chi connectivity index (χ0n) is 12.2. The number of fused-ring (bicyclic) bond motifs is 1. The van der Waals surface area contributed by atoms with Gasteiger partial charge in [0.2, 0.25) is 5.91 Å². The summed E-state index contributed by atoms with van der Waals surface area (Å²) >= 11 is 1.57. The number of nitrogens with zero attached hydrogens (tertiary/aromatic N) is 1. The average Bonchev–Trinajstić information content (AvgIpc) is 2.84. The highest BCUT2D eigenvalue weighted by atomic mass is 32.1. The molecule has 1 aliphatic heterocycles. The van der Waals surface area contributed by atoms with Crippen molar-refractivity contribution in [3.05, 3.63) is 16.0 Å². The second-order valence-corrected chi connectivity index (χ2v) is 6.61. The topological polar surface area (TPSA) is 58.6 Å². The Hall–Kier alpha value is -1.40. The van der Waals surface area contributed by atoms with Crippen molar-refractivity contribution in [3.8, 4) is 0 Å². The molecule has 3 rings (SSSR count). The highest BCUT2D eigenvalue weighted by Crippen LogP contribution is 2.38. The number of hydrogen-bond donors (Lipinski definition) is 1. The smallest absolute Gasteiger partial charge is 0.257 e. The predicted octanol–water partition coefficient (Wildman–Crippen LogP) is 2.06. The summed E-state index contributed by atoms with van der Waals surface area (Å²) in [5, 5.41) is 3.58. The molecule has 6 heteroatoms. The minimum absolute atomic E-state index is 0.0430. The molecule has 1 fully saturated rings. The fourth-order valence-electron chi connectivity index (χ4n) is 2.96. The van der Waals surface area contributed by atoms with Crippen LogP contribution in [-0.2, 0) is 22.4 Å². The molecule has 1 aromatic heterocycles. The summed E-state index contributed by atoms with van der Waals surface area (Å²) < 4.78 is 5.31. The summed E-state index contributed by atoms with van der Waals surface area (Å²) in [6.07, 6.45) is 4.24. The Morgan fingerprint density at radius 1 is 1.19 bits per heavy atom. The van der Waals surface area contributed by atoms with E-state index in [1.54, 1.807) is 11.3 Å². The van der Waals surface area contributed by atoms with Crippen LogP contribution in [0.3, 0.4) is 0 Å². The van der Waals surface area contributed by atoms with Gasteiger partial charge >= 0.3 is 0 Å². The molecule has 0 atom stereocenters. The molecule has 0 unspecified atom stereocenters. The highest BCUT2D eigenvalue weighted by Gasteiger charge is 2.29. The van der Waals surface area contributed by atoms with Gasteiger partial charge in [0.05, 0.1) is 18.8 Å². The van der Waals surface area contributed by atoms with Crippen LogP contribution in [0.2, 0.25) is 0 Å². The first kappa shape index (κ1) is 14.5. The maximum atomic E-state index is 12.9. The lowest BCUT2D eigenvalue weighted by Gasteiger charge is -2.27. The van der Waals surface area contributed by atoms with Crippen molar-refractivity contribution < 1.29 is 14.3 Å². The number of rotatable bonds is 2. The molecule has 21 heavy (non-hydrogen) atoms. The van der Waals surface area contributed by atoms with Crippen LogP contribution in [0.1, 0.15) is 40.6 Å². The molecule has 114 valence electrons. The Bertz CT molecular complexity index is 562. The second-order valence-electron chi connectivity index (χ2n) is 5.50. The number of hydrogen-bond acceptors (Lipinski definition) is 4. The molecule has 0 saturated carbocycles. The Kier molecular flexibility index (Phi) is 4.26. The molecule has 0 bridgehead atoms. The fourth-order valence-corrected chi connectivity index (χ4v) is 4.29. The molecule has 1 aromatic rings. The van der Waals surface area contributed by atoms with Crippen LogP contribution in [0.15, 0.2) is 0 Å². The molecule has 2 heterocycles. The molecule has 1 saturated heterocycles. The Balaban J connectivity index is 1.95. The summed E-state index contributed by atoms with van der Waals surface area (Å²) in [5.74, 6) is -0.0777. The van der Waals surface area contributed by atoms with Gasteiger partial charge in [0.15, 0.2) is 0 Å². The molecule has 1 aliphatic carbocycles. The highest BCUT2D eigenvalue weighted by molar-refractivity contribution is 7.17. The first-order valence-corrected chi connectivity index (χ1v) is 8.27. The summed E-state index contributed by atoms with van der Waals surface area (Å²) in [6.45, 7) is 3.93. The van der Waals surface area contributed by atoms with Crippen LogP contribution >= 0.6 is 11.3 Å². The lowest BCUT2D eigenvalue weighted by atomic mass is 9.95. The number of ether oxygens (including phenoxy) is 1. The van der Waals surface area contributed by atoms with Crippen LogP contribution < -0.4 is 5.32 Å². The molecule has 5 nitrogen and oxygen atoms in total. The maximum absolute atomic E-state index is 12.9. The maximum Gasteiger partial charge on any atom is 0.257 e. The standard InChI is InChI=1S/C15H20N2O3S/c1-10(18)16-14-13(11-4-2-3-5-12(11)21-14)15(19)17-6-8-20-9-7-17/h2-9H2,1H3,(H,16,18). The Labute approximate surface area is 128 Å². The van der Waals surface area contributed by atoms with E-state index in [1.165, 1.54) is 11.8 Å². The van der Waals surface area contributed by atoms with Crippen molar-refractivity contribution in [1.29, 1.82) is 0 Å². The van der Waals surface area contributed by atoms with E-state index in [0.717, 1.165) is 41.8 Å². The molecular formula is C15H20N2O3S. The van der Waals surface area contributed by atoms with Gasteiger partial charge in [-0.2, -0.15) is 0 Å². The van der Waals surface area contributed by atoms with Gasteiger partial charge < -0.3 is 15.0 Å². The monoisotopic (exact) mass is 308 g/mol. The SMILES string of the molecule is CC(=O)Nc1sc2c(c1C(=O)N1CCOCC1)CCCC2. The minimum Gasteiger partial charge on any atom is -0.378 e. The van der Waals surface area contributed by atoms with Gasteiger partial charge in [-0.25, -0.2) is 0 Å². The largest absolute Gasteiger partial charge is 0.378 e. The normalized spacial score (nSPS) is 18.2. The van der Waals surface area contributed by atoms with Crippen molar-refractivity contribution in [1.82, 2.24) is 4.90 Å². The van der Waals surface area contributed by atoms with Gasteiger partial charge in [0.1, 0.15) is 5.00 Å². The number of anilines is 1. The molecule has 0 aromatic carbocycles. The second kappa shape index (κ2) is 6.15. The summed E-state index contributed by atoms with van der Waals surface area (Å²) in [6, 6.07) is 0. The number of carbonyl (C=O) groups is 2. The minimum atomic E-state index is -0.121. The number of carbonyl (C=O) groups excluding carboxylic acids is 2. The van der Waals surface area contributed by atoms with Gasteiger partial charge in [-0.1, -0.05) is 0 Å². The van der Waals surface area contributed by atoms with Crippen molar-refractivity contribution in [2.24, 2.45) is 0 Å². The number of aryl methyl sites for hydroxylation is 1. The van der Waals surface area contributed by atoms with E-state index in [4.69, 9.17) is 4.74 Å². The van der Waals surface area contributed by atoms with Crippen molar-refractivity contribution >= 4 is 28.2 Å². The summed E-state index contributed by atoms with van der Waals surface area (Å²) in [5.41, 5.74) is 1.89. The first-order valence-electron chi connectivity index (χ1n) is 7.46. The Morgan fingerprint density at radius 3 is 2.62 bits per heavy atom. The van der Waals surface area contributed by atoms with Gasteiger partial charge in [-0.3, -0.25) is 9.59 Å². The van der Waals surface area contributed by atoms with Crippen LogP contribution in [0.4, 0.5) is 5.00 Å². The molecule has 2 amide bonds. The zero-order valence-corrected chi connectivity index (χ0v) is 13.1. The zero-order chi connectivity index (χ0) is 14.8.